The Morgan fingerprint density at radius 1 is 1.40 bits per heavy atom. The molecule has 0 radical (unpaired) electrons. The Labute approximate surface area is 64.6 Å². The summed E-state index contributed by atoms with van der Waals surface area (Å²) >= 11 is 0. The van der Waals surface area contributed by atoms with Crippen molar-refractivity contribution >= 4 is 0 Å². The summed E-state index contributed by atoms with van der Waals surface area (Å²) < 4.78 is 0. The van der Waals surface area contributed by atoms with Gasteiger partial charge in [-0.25, -0.2) is 0 Å². The van der Waals surface area contributed by atoms with Crippen LogP contribution in [0.5, 0.6) is 0 Å². The summed E-state index contributed by atoms with van der Waals surface area (Å²) in [6, 6.07) is 0. The highest BCUT2D eigenvalue weighted by molar-refractivity contribution is 4.89. The van der Waals surface area contributed by atoms with Crippen LogP contribution < -0.4 is 0 Å². The van der Waals surface area contributed by atoms with Crippen LogP contribution >= 0.6 is 0 Å². The second-order valence-electron chi connectivity index (χ2n) is 2.95. The van der Waals surface area contributed by atoms with E-state index in [9.17, 15) is 0 Å². The molecule has 0 N–H and O–H groups in total. The van der Waals surface area contributed by atoms with Gasteiger partial charge >= 0.3 is 0 Å². The van der Waals surface area contributed by atoms with E-state index in [1.165, 1.54) is 0 Å². The second-order valence-corrected chi connectivity index (χ2v) is 2.95. The molecule has 0 aromatic heterocycles. The predicted molar refractivity (Wildman–Crippen MR) is 48.0 cm³/mol. The molecule has 0 heterocycles. The molecule has 0 aromatic carbocycles. The van der Waals surface area contributed by atoms with Gasteiger partial charge in [-0.1, -0.05) is 32.1 Å². The fourth-order valence-electron chi connectivity index (χ4n) is 0.934. The van der Waals surface area contributed by atoms with Crippen LogP contribution in [0.25, 0.3) is 0 Å². The molecule has 0 amide bonds. The highest BCUT2D eigenvalue weighted by Crippen LogP contribution is 2.16. The summed E-state index contributed by atoms with van der Waals surface area (Å²) in [6.07, 6.45) is 7.48. The summed E-state index contributed by atoms with van der Waals surface area (Å²) in [5.41, 5.74) is 0. The minimum Gasteiger partial charge on any atom is -0.103 e. The first kappa shape index (κ1) is 9.48. The first-order chi connectivity index (χ1) is 4.72. The smallest absolute Gasteiger partial charge is 0.0178 e. The van der Waals surface area contributed by atoms with Crippen molar-refractivity contribution < 1.29 is 0 Å². The molecule has 0 spiro atoms. The van der Waals surface area contributed by atoms with E-state index in [1.54, 1.807) is 0 Å². The second kappa shape index (κ2) is 5.28. The third-order valence-electron chi connectivity index (χ3n) is 1.80. The third-order valence-corrected chi connectivity index (χ3v) is 1.80. The van der Waals surface area contributed by atoms with Crippen LogP contribution in [0.1, 0.15) is 27.2 Å². The fraction of sp³-hybridized carbons (Fsp3) is 0.600. The fourth-order valence-corrected chi connectivity index (χ4v) is 0.934. The average molecular weight is 138 g/mol. The number of allylic oxidation sites excluding steroid dienone is 3. The molecule has 0 aliphatic carbocycles. The molecule has 0 fully saturated rings. The molecular formula is C10H18. The summed E-state index contributed by atoms with van der Waals surface area (Å²) in [5, 5.41) is 0. The van der Waals surface area contributed by atoms with E-state index in [2.05, 4.69) is 39.5 Å². The molecule has 1 unspecified atom stereocenters. The van der Waals surface area contributed by atoms with E-state index in [0.29, 0.717) is 11.8 Å². The molecule has 58 valence electrons. The third kappa shape index (κ3) is 3.49. The zero-order chi connectivity index (χ0) is 7.98. The quantitative estimate of drug-likeness (QED) is 0.522. The van der Waals surface area contributed by atoms with Crippen LogP contribution in [0.2, 0.25) is 0 Å². The molecule has 0 aromatic rings. The SMILES string of the molecule is C=CC(C/C=C/C)C(C)C. The summed E-state index contributed by atoms with van der Waals surface area (Å²) in [7, 11) is 0. The molecule has 0 saturated carbocycles. The van der Waals surface area contributed by atoms with E-state index in [4.69, 9.17) is 0 Å². The van der Waals surface area contributed by atoms with Gasteiger partial charge in [0.1, 0.15) is 0 Å². The van der Waals surface area contributed by atoms with Gasteiger partial charge in [-0.3, -0.25) is 0 Å². The maximum Gasteiger partial charge on any atom is -0.0178 e. The Kier molecular flexibility index (Phi) is 5.00. The molecule has 0 rings (SSSR count). The van der Waals surface area contributed by atoms with Crippen LogP contribution in [0.15, 0.2) is 24.8 Å². The normalized spacial score (nSPS) is 14.4. The van der Waals surface area contributed by atoms with Crippen LogP contribution in [-0.4, -0.2) is 0 Å². The van der Waals surface area contributed by atoms with Gasteiger partial charge in [0.25, 0.3) is 0 Å². The Morgan fingerprint density at radius 3 is 2.30 bits per heavy atom. The Hall–Kier alpha value is -0.520. The van der Waals surface area contributed by atoms with Gasteiger partial charge in [-0.05, 0) is 25.2 Å². The lowest BCUT2D eigenvalue weighted by Gasteiger charge is -2.13. The summed E-state index contributed by atoms with van der Waals surface area (Å²) in [4.78, 5) is 0. The van der Waals surface area contributed by atoms with Crippen LogP contribution in [0.3, 0.4) is 0 Å². The molecular weight excluding hydrogens is 120 g/mol. The van der Waals surface area contributed by atoms with E-state index in [0.717, 1.165) is 6.42 Å². The van der Waals surface area contributed by atoms with Crippen molar-refractivity contribution in [1.29, 1.82) is 0 Å². The molecule has 0 nitrogen and oxygen atoms in total. The zero-order valence-corrected chi connectivity index (χ0v) is 7.30. The monoisotopic (exact) mass is 138 g/mol. The van der Waals surface area contributed by atoms with Crippen molar-refractivity contribution in [2.75, 3.05) is 0 Å². The molecule has 1 atom stereocenters. The minimum absolute atomic E-state index is 0.649. The maximum absolute atomic E-state index is 3.80. The van der Waals surface area contributed by atoms with Crippen LogP contribution in [0, 0.1) is 11.8 Å². The van der Waals surface area contributed by atoms with Gasteiger partial charge < -0.3 is 0 Å². The van der Waals surface area contributed by atoms with Gasteiger partial charge in [-0.2, -0.15) is 0 Å². The number of hydrogen-bond donors (Lipinski definition) is 0. The Bertz CT molecular complexity index is 109. The highest BCUT2D eigenvalue weighted by atomic mass is 14.1. The van der Waals surface area contributed by atoms with Crippen LogP contribution in [0.4, 0.5) is 0 Å². The van der Waals surface area contributed by atoms with Gasteiger partial charge in [0.2, 0.25) is 0 Å². The first-order valence-corrected chi connectivity index (χ1v) is 3.96. The van der Waals surface area contributed by atoms with Gasteiger partial charge in [-0.15, -0.1) is 6.58 Å². The number of rotatable bonds is 4. The van der Waals surface area contributed by atoms with Gasteiger partial charge in [0.15, 0.2) is 0 Å². The minimum atomic E-state index is 0.649. The molecule has 0 heteroatoms. The van der Waals surface area contributed by atoms with Crippen molar-refractivity contribution in [2.24, 2.45) is 11.8 Å². The van der Waals surface area contributed by atoms with E-state index in [1.807, 2.05) is 6.08 Å². The molecule has 0 aliphatic rings. The maximum atomic E-state index is 3.80. The Balaban J connectivity index is 3.71. The lowest BCUT2D eigenvalue weighted by Crippen LogP contribution is -2.03. The lowest BCUT2D eigenvalue weighted by atomic mass is 9.93. The lowest BCUT2D eigenvalue weighted by molar-refractivity contribution is 0.471. The Morgan fingerprint density at radius 2 is 2.00 bits per heavy atom. The summed E-state index contributed by atoms with van der Waals surface area (Å²) in [6.45, 7) is 10.3. The zero-order valence-electron chi connectivity index (χ0n) is 7.30. The van der Waals surface area contributed by atoms with Crippen molar-refractivity contribution in [3.8, 4) is 0 Å². The van der Waals surface area contributed by atoms with Crippen molar-refractivity contribution in [2.45, 2.75) is 27.2 Å². The van der Waals surface area contributed by atoms with E-state index >= 15 is 0 Å². The predicted octanol–water partition coefficient (Wildman–Crippen LogP) is 3.41. The standard InChI is InChI=1S/C10H18/c1-5-7-8-10(6-2)9(3)4/h5-7,9-10H,2,8H2,1,3-4H3/b7-5+. The largest absolute Gasteiger partial charge is 0.103 e. The average Bonchev–Trinajstić information content (AvgIpc) is 1.89. The molecule has 0 aliphatic heterocycles. The number of hydrogen-bond acceptors (Lipinski definition) is 0. The van der Waals surface area contributed by atoms with Crippen LogP contribution in [-0.2, 0) is 0 Å². The summed E-state index contributed by atoms with van der Waals surface area (Å²) in [5.74, 6) is 1.37. The highest BCUT2D eigenvalue weighted by Gasteiger charge is 2.05. The van der Waals surface area contributed by atoms with Gasteiger partial charge in [0, 0.05) is 0 Å². The van der Waals surface area contributed by atoms with E-state index < -0.39 is 0 Å². The first-order valence-electron chi connectivity index (χ1n) is 3.96. The van der Waals surface area contributed by atoms with Crippen molar-refractivity contribution in [3.05, 3.63) is 24.8 Å². The van der Waals surface area contributed by atoms with Crippen molar-refractivity contribution in [1.82, 2.24) is 0 Å². The molecule has 0 bridgehead atoms. The van der Waals surface area contributed by atoms with E-state index in [-0.39, 0.29) is 0 Å². The van der Waals surface area contributed by atoms with Crippen molar-refractivity contribution in [3.63, 3.8) is 0 Å². The topological polar surface area (TPSA) is 0 Å². The molecule has 10 heavy (non-hydrogen) atoms. The van der Waals surface area contributed by atoms with Gasteiger partial charge in [0.05, 0.1) is 0 Å². The molecule has 0 saturated heterocycles.